The highest BCUT2D eigenvalue weighted by Gasteiger charge is 2.39. The molecule has 5 heteroatoms. The quantitative estimate of drug-likeness (QED) is 0.903. The first-order valence-electron chi connectivity index (χ1n) is 8.49. The Labute approximate surface area is 143 Å². The average molecular weight is 327 g/mol. The monoisotopic (exact) mass is 327 g/mol. The van der Waals surface area contributed by atoms with E-state index in [0.717, 1.165) is 24.8 Å². The van der Waals surface area contributed by atoms with Crippen LogP contribution in [0.5, 0.6) is 0 Å². The summed E-state index contributed by atoms with van der Waals surface area (Å²) in [5, 5.41) is 12.3. The van der Waals surface area contributed by atoms with E-state index in [-0.39, 0.29) is 11.8 Å². The number of nitrogens with one attached hydrogen (secondary N) is 1. The zero-order valence-electron chi connectivity index (χ0n) is 14.5. The summed E-state index contributed by atoms with van der Waals surface area (Å²) in [4.78, 5) is 25.9. The highest BCUT2D eigenvalue weighted by Crippen LogP contribution is 2.35. The molecule has 0 heterocycles. The fourth-order valence-corrected chi connectivity index (χ4v) is 3.15. The highest BCUT2D eigenvalue weighted by molar-refractivity contribution is 5.94. The van der Waals surface area contributed by atoms with Crippen LogP contribution in [0.3, 0.4) is 0 Å². The standard InChI is InChI=1S/C19H25N3O2/c1-22(2)17(23)16-8-6-7-15(13-16)9-12-21-18(24)19(14-20)10-4-3-5-11-19/h6-8,13H,3-5,9-12H2,1-2H3,(H,21,24). The molecule has 0 aliphatic heterocycles. The first-order valence-corrected chi connectivity index (χ1v) is 8.49. The maximum Gasteiger partial charge on any atom is 0.253 e. The van der Waals surface area contributed by atoms with E-state index in [0.29, 0.717) is 31.4 Å². The Hall–Kier alpha value is -2.35. The normalized spacial score (nSPS) is 16.0. The largest absolute Gasteiger partial charge is 0.354 e. The van der Waals surface area contributed by atoms with Crippen LogP contribution < -0.4 is 5.32 Å². The van der Waals surface area contributed by atoms with E-state index in [9.17, 15) is 14.9 Å². The number of rotatable bonds is 5. The van der Waals surface area contributed by atoms with E-state index in [1.807, 2.05) is 18.2 Å². The Balaban J connectivity index is 1.92. The van der Waals surface area contributed by atoms with Gasteiger partial charge in [0.2, 0.25) is 5.91 Å². The van der Waals surface area contributed by atoms with Gasteiger partial charge in [-0.3, -0.25) is 9.59 Å². The molecule has 0 bridgehead atoms. The minimum atomic E-state index is -0.846. The highest BCUT2D eigenvalue weighted by atomic mass is 16.2. The molecule has 5 nitrogen and oxygen atoms in total. The van der Waals surface area contributed by atoms with Gasteiger partial charge in [-0.25, -0.2) is 0 Å². The molecule has 2 amide bonds. The van der Waals surface area contributed by atoms with Crippen molar-refractivity contribution in [1.29, 1.82) is 5.26 Å². The van der Waals surface area contributed by atoms with Crippen molar-refractivity contribution in [2.75, 3.05) is 20.6 Å². The summed E-state index contributed by atoms with van der Waals surface area (Å²) in [6.07, 6.45) is 4.93. The van der Waals surface area contributed by atoms with Crippen LogP contribution in [0.25, 0.3) is 0 Å². The SMILES string of the molecule is CN(C)C(=O)c1cccc(CCNC(=O)C2(C#N)CCCCC2)c1. The summed E-state index contributed by atoms with van der Waals surface area (Å²) in [7, 11) is 3.45. The smallest absolute Gasteiger partial charge is 0.253 e. The molecule has 0 aromatic heterocycles. The number of carbonyl (C=O) groups is 2. The molecule has 0 unspecified atom stereocenters. The van der Waals surface area contributed by atoms with Crippen molar-refractivity contribution in [2.24, 2.45) is 5.41 Å². The third kappa shape index (κ3) is 4.14. The number of amides is 2. The fraction of sp³-hybridized carbons (Fsp3) is 0.526. The van der Waals surface area contributed by atoms with Gasteiger partial charge in [0.25, 0.3) is 5.91 Å². The molecule has 0 atom stereocenters. The van der Waals surface area contributed by atoms with Gasteiger partial charge in [0.15, 0.2) is 0 Å². The Morgan fingerprint density at radius 1 is 1.25 bits per heavy atom. The predicted octanol–water partition coefficient (Wildman–Crippen LogP) is 2.52. The maximum atomic E-state index is 12.4. The Bertz CT molecular complexity index is 640. The van der Waals surface area contributed by atoms with Gasteiger partial charge < -0.3 is 10.2 Å². The molecular formula is C19H25N3O2. The molecule has 1 aliphatic carbocycles. The number of hydrogen-bond donors (Lipinski definition) is 1. The summed E-state index contributed by atoms with van der Waals surface area (Å²) >= 11 is 0. The molecule has 1 N–H and O–H groups in total. The third-order valence-corrected chi connectivity index (χ3v) is 4.64. The Kier molecular flexibility index (Phi) is 5.97. The van der Waals surface area contributed by atoms with Gasteiger partial charge in [0.05, 0.1) is 6.07 Å². The summed E-state index contributed by atoms with van der Waals surface area (Å²) in [6, 6.07) is 9.68. The topological polar surface area (TPSA) is 73.2 Å². The molecule has 1 fully saturated rings. The minimum absolute atomic E-state index is 0.0356. The van der Waals surface area contributed by atoms with Crippen LogP contribution in [0.15, 0.2) is 24.3 Å². The second-order valence-corrected chi connectivity index (χ2v) is 6.66. The van der Waals surface area contributed by atoms with Gasteiger partial charge in [-0.2, -0.15) is 5.26 Å². The van der Waals surface area contributed by atoms with Crippen molar-refractivity contribution < 1.29 is 9.59 Å². The molecule has 128 valence electrons. The molecule has 2 rings (SSSR count). The lowest BCUT2D eigenvalue weighted by Gasteiger charge is -2.29. The van der Waals surface area contributed by atoms with Crippen LogP contribution in [0.4, 0.5) is 0 Å². The second-order valence-electron chi connectivity index (χ2n) is 6.66. The van der Waals surface area contributed by atoms with Crippen LogP contribution in [0.2, 0.25) is 0 Å². The van der Waals surface area contributed by atoms with Gasteiger partial charge in [-0.1, -0.05) is 31.4 Å². The Morgan fingerprint density at radius 3 is 2.58 bits per heavy atom. The van der Waals surface area contributed by atoms with Crippen molar-refractivity contribution in [1.82, 2.24) is 10.2 Å². The van der Waals surface area contributed by atoms with Crippen molar-refractivity contribution in [3.63, 3.8) is 0 Å². The number of nitrogens with zero attached hydrogens (tertiary/aromatic N) is 2. The number of carbonyl (C=O) groups excluding carboxylic acids is 2. The lowest BCUT2D eigenvalue weighted by molar-refractivity contribution is -0.129. The molecule has 0 spiro atoms. The predicted molar refractivity (Wildman–Crippen MR) is 92.3 cm³/mol. The zero-order valence-corrected chi connectivity index (χ0v) is 14.5. The van der Waals surface area contributed by atoms with E-state index < -0.39 is 5.41 Å². The zero-order chi connectivity index (χ0) is 17.6. The fourth-order valence-electron chi connectivity index (χ4n) is 3.15. The van der Waals surface area contributed by atoms with Crippen LogP contribution in [0.1, 0.15) is 48.0 Å². The Morgan fingerprint density at radius 2 is 1.96 bits per heavy atom. The van der Waals surface area contributed by atoms with Gasteiger partial charge in [-0.05, 0) is 37.0 Å². The van der Waals surface area contributed by atoms with Crippen LogP contribution in [-0.4, -0.2) is 37.4 Å². The lowest BCUT2D eigenvalue weighted by atomic mass is 9.74. The molecular weight excluding hydrogens is 302 g/mol. The summed E-state index contributed by atoms with van der Waals surface area (Å²) in [5.41, 5.74) is 0.795. The number of nitriles is 1. The molecule has 1 aliphatic rings. The summed E-state index contributed by atoms with van der Waals surface area (Å²) in [5.74, 6) is -0.184. The van der Waals surface area contributed by atoms with E-state index in [4.69, 9.17) is 0 Å². The first-order chi connectivity index (χ1) is 11.5. The van der Waals surface area contributed by atoms with E-state index in [1.165, 1.54) is 0 Å². The van der Waals surface area contributed by atoms with E-state index >= 15 is 0 Å². The van der Waals surface area contributed by atoms with Crippen molar-refractivity contribution in [2.45, 2.75) is 38.5 Å². The molecule has 1 aromatic carbocycles. The maximum absolute atomic E-state index is 12.4. The summed E-state index contributed by atoms with van der Waals surface area (Å²) in [6.45, 7) is 0.474. The molecule has 24 heavy (non-hydrogen) atoms. The van der Waals surface area contributed by atoms with Crippen molar-refractivity contribution in [3.05, 3.63) is 35.4 Å². The van der Waals surface area contributed by atoms with E-state index in [2.05, 4.69) is 11.4 Å². The number of benzene rings is 1. The van der Waals surface area contributed by atoms with Gasteiger partial charge in [0.1, 0.15) is 5.41 Å². The average Bonchev–Trinajstić information content (AvgIpc) is 2.61. The van der Waals surface area contributed by atoms with Crippen LogP contribution >= 0.6 is 0 Å². The lowest BCUT2D eigenvalue weighted by Crippen LogP contribution is -2.42. The molecule has 1 saturated carbocycles. The van der Waals surface area contributed by atoms with Crippen molar-refractivity contribution >= 4 is 11.8 Å². The van der Waals surface area contributed by atoms with Gasteiger partial charge in [0, 0.05) is 26.2 Å². The second kappa shape index (κ2) is 7.96. The van der Waals surface area contributed by atoms with Crippen LogP contribution in [-0.2, 0) is 11.2 Å². The third-order valence-electron chi connectivity index (χ3n) is 4.64. The van der Waals surface area contributed by atoms with Gasteiger partial charge >= 0.3 is 0 Å². The first kappa shape index (κ1) is 18.0. The molecule has 0 saturated heterocycles. The van der Waals surface area contributed by atoms with E-state index in [1.54, 1.807) is 25.1 Å². The van der Waals surface area contributed by atoms with Crippen LogP contribution in [0, 0.1) is 16.7 Å². The number of hydrogen-bond acceptors (Lipinski definition) is 3. The summed E-state index contributed by atoms with van der Waals surface area (Å²) < 4.78 is 0. The molecule has 1 aromatic rings. The van der Waals surface area contributed by atoms with Gasteiger partial charge in [-0.15, -0.1) is 0 Å². The molecule has 0 radical (unpaired) electrons. The van der Waals surface area contributed by atoms with Crippen molar-refractivity contribution in [3.8, 4) is 6.07 Å². The minimum Gasteiger partial charge on any atom is -0.354 e.